The number of nitrogens with two attached hydrogens (primary N) is 1. The van der Waals surface area contributed by atoms with E-state index in [1.54, 1.807) is 6.92 Å². The Labute approximate surface area is 174 Å². The molecule has 0 spiro atoms. The summed E-state index contributed by atoms with van der Waals surface area (Å²) in [6, 6.07) is 4.80. The van der Waals surface area contributed by atoms with Crippen molar-refractivity contribution in [2.24, 2.45) is 0 Å². The number of carbonyl (C=O) groups excluding carboxylic acids is 1. The number of nitrogen functional groups attached to an aromatic ring is 1. The minimum Gasteiger partial charge on any atom is -0.398 e. The van der Waals surface area contributed by atoms with E-state index in [4.69, 9.17) is 5.73 Å². The molecule has 3 N–H and O–H groups in total. The van der Waals surface area contributed by atoms with Gasteiger partial charge in [-0.05, 0) is 122 Å². The fraction of sp³-hybridized carbons (Fsp3) is 0.500. The van der Waals surface area contributed by atoms with Crippen molar-refractivity contribution in [3.63, 3.8) is 0 Å². The van der Waals surface area contributed by atoms with Crippen LogP contribution in [-0.4, -0.2) is 5.91 Å². The van der Waals surface area contributed by atoms with Crippen molar-refractivity contribution in [3.05, 3.63) is 56.6 Å². The molecule has 0 aliphatic heterocycles. The van der Waals surface area contributed by atoms with Gasteiger partial charge in [0.15, 0.2) is 0 Å². The molecule has 0 aromatic heterocycles. The number of rotatable bonds is 1. The molecule has 4 aliphatic carbocycles. The summed E-state index contributed by atoms with van der Waals surface area (Å²) in [7, 11) is 0. The van der Waals surface area contributed by atoms with Gasteiger partial charge in [0, 0.05) is 18.3 Å². The van der Waals surface area contributed by atoms with Crippen LogP contribution in [0.5, 0.6) is 0 Å². The third-order valence-electron chi connectivity index (χ3n) is 7.29. The molecular formula is C26H32N2O. The number of hydrogen-bond donors (Lipinski definition) is 2. The molecule has 0 saturated carbocycles. The van der Waals surface area contributed by atoms with Gasteiger partial charge in [-0.25, -0.2) is 0 Å². The lowest BCUT2D eigenvalue weighted by Gasteiger charge is -2.14. The first-order valence-electron chi connectivity index (χ1n) is 11.5. The van der Waals surface area contributed by atoms with Crippen LogP contribution in [0.2, 0.25) is 0 Å². The average molecular weight is 389 g/mol. The van der Waals surface area contributed by atoms with Crippen molar-refractivity contribution in [1.82, 2.24) is 0 Å². The molecule has 0 radical (unpaired) electrons. The predicted octanol–water partition coefficient (Wildman–Crippen LogP) is 4.87. The lowest BCUT2D eigenvalue weighted by Crippen LogP contribution is -2.11. The third-order valence-corrected chi connectivity index (χ3v) is 7.29. The number of benzene rings is 2. The normalized spacial score (nSPS) is 17.8. The number of amides is 1. The van der Waals surface area contributed by atoms with Crippen molar-refractivity contribution in [1.29, 1.82) is 0 Å². The molecule has 3 heteroatoms. The van der Waals surface area contributed by atoms with Gasteiger partial charge in [0.05, 0.1) is 0 Å². The van der Waals surface area contributed by atoms with E-state index in [1.807, 2.05) is 0 Å². The minimum absolute atomic E-state index is 0.0643. The topological polar surface area (TPSA) is 55.1 Å². The first kappa shape index (κ1) is 18.7. The molecule has 2 aromatic rings. The van der Waals surface area contributed by atoms with Gasteiger partial charge in [-0.3, -0.25) is 4.79 Å². The smallest absolute Gasteiger partial charge is 0.221 e. The largest absolute Gasteiger partial charge is 0.398 e. The fourth-order valence-corrected chi connectivity index (χ4v) is 6.00. The van der Waals surface area contributed by atoms with Gasteiger partial charge in [0.25, 0.3) is 0 Å². The second-order valence-electron chi connectivity index (χ2n) is 9.19. The van der Waals surface area contributed by atoms with Crippen molar-refractivity contribution in [2.45, 2.75) is 84.0 Å². The van der Waals surface area contributed by atoms with Crippen LogP contribution in [0, 0.1) is 0 Å². The summed E-state index contributed by atoms with van der Waals surface area (Å²) >= 11 is 0. The highest BCUT2D eigenvalue weighted by Gasteiger charge is 2.24. The van der Waals surface area contributed by atoms with Crippen LogP contribution in [0.3, 0.4) is 0 Å². The maximum absolute atomic E-state index is 11.3. The number of nitrogens with one attached hydrogen (secondary N) is 1. The highest BCUT2D eigenvalue weighted by molar-refractivity contribution is 5.91. The number of hydrogen-bond acceptors (Lipinski definition) is 2. The van der Waals surface area contributed by atoms with Gasteiger partial charge in [-0.1, -0.05) is 12.1 Å². The van der Waals surface area contributed by atoms with Crippen LogP contribution in [0.25, 0.3) is 0 Å². The summed E-state index contributed by atoms with van der Waals surface area (Å²) in [5.41, 5.74) is 20.3. The Hall–Kier alpha value is -2.29. The van der Waals surface area contributed by atoms with Gasteiger partial charge >= 0.3 is 0 Å². The SMILES string of the molecule is CC(=O)Nc1c2c(cc3c1CCC3)CCC2.Nc1c2c(cc3c1CCC3)CCC2. The average Bonchev–Trinajstić information content (AvgIpc) is 3.48. The number of aryl methyl sites for hydroxylation is 4. The van der Waals surface area contributed by atoms with E-state index in [9.17, 15) is 4.79 Å². The monoisotopic (exact) mass is 388 g/mol. The molecule has 4 aliphatic rings. The lowest BCUT2D eigenvalue weighted by molar-refractivity contribution is -0.114. The van der Waals surface area contributed by atoms with Gasteiger partial charge in [0.2, 0.25) is 5.91 Å². The standard InChI is InChI=1S/C14H17NO.C12H15N/c1-9(16)15-14-12-6-2-4-10(12)8-11-5-3-7-13(11)14;13-12-10-5-1-3-8(10)7-9-4-2-6-11(9)12/h8H,2-7H2,1H3,(H,15,16);7H,1-6,13H2. The Balaban J connectivity index is 0.000000128. The van der Waals surface area contributed by atoms with Gasteiger partial charge in [-0.2, -0.15) is 0 Å². The van der Waals surface area contributed by atoms with E-state index in [0.29, 0.717) is 0 Å². The van der Waals surface area contributed by atoms with Crippen LogP contribution in [0.15, 0.2) is 12.1 Å². The summed E-state index contributed by atoms with van der Waals surface area (Å²) in [5.74, 6) is 0.0643. The zero-order valence-corrected chi connectivity index (χ0v) is 17.6. The van der Waals surface area contributed by atoms with Crippen LogP contribution < -0.4 is 11.1 Å². The van der Waals surface area contributed by atoms with E-state index < -0.39 is 0 Å². The molecule has 0 heterocycles. The first-order valence-corrected chi connectivity index (χ1v) is 11.5. The molecular weight excluding hydrogens is 356 g/mol. The zero-order valence-electron chi connectivity index (χ0n) is 17.6. The molecule has 152 valence electrons. The van der Waals surface area contributed by atoms with Crippen molar-refractivity contribution >= 4 is 17.3 Å². The van der Waals surface area contributed by atoms with Crippen LogP contribution in [0.4, 0.5) is 11.4 Å². The molecule has 0 saturated heterocycles. The Morgan fingerprint density at radius 1 is 0.690 bits per heavy atom. The third kappa shape index (κ3) is 3.35. The van der Waals surface area contributed by atoms with Crippen molar-refractivity contribution in [2.75, 3.05) is 11.1 Å². The maximum atomic E-state index is 11.3. The van der Waals surface area contributed by atoms with Crippen LogP contribution >= 0.6 is 0 Å². The summed E-state index contributed by atoms with van der Waals surface area (Å²) < 4.78 is 0. The molecule has 1 amide bonds. The van der Waals surface area contributed by atoms with E-state index in [2.05, 4.69) is 17.4 Å². The Kier molecular flexibility index (Phi) is 4.85. The van der Waals surface area contributed by atoms with E-state index in [1.165, 1.54) is 109 Å². The van der Waals surface area contributed by atoms with Crippen LogP contribution in [-0.2, 0) is 56.2 Å². The Bertz CT molecular complexity index is 925. The highest BCUT2D eigenvalue weighted by Crippen LogP contribution is 2.39. The first-order chi connectivity index (χ1) is 14.1. The van der Waals surface area contributed by atoms with Crippen molar-refractivity contribution in [3.8, 4) is 0 Å². The predicted molar refractivity (Wildman–Crippen MR) is 120 cm³/mol. The maximum Gasteiger partial charge on any atom is 0.221 e. The Morgan fingerprint density at radius 3 is 1.48 bits per heavy atom. The summed E-state index contributed by atoms with van der Waals surface area (Å²) in [4.78, 5) is 11.3. The van der Waals surface area contributed by atoms with Gasteiger partial charge in [0.1, 0.15) is 0 Å². The summed E-state index contributed by atoms with van der Waals surface area (Å²) in [5, 5.41) is 3.07. The second kappa shape index (κ2) is 7.51. The minimum atomic E-state index is 0.0643. The molecule has 0 bridgehead atoms. The summed E-state index contributed by atoms with van der Waals surface area (Å²) in [6.45, 7) is 1.61. The molecule has 0 unspecified atom stereocenters. The highest BCUT2D eigenvalue weighted by atomic mass is 16.1. The quantitative estimate of drug-likeness (QED) is 0.685. The zero-order chi connectivity index (χ0) is 20.0. The molecule has 6 rings (SSSR count). The summed E-state index contributed by atoms with van der Waals surface area (Å²) in [6.07, 6.45) is 14.7. The number of fused-ring (bicyclic) bond motifs is 4. The number of carbonyl (C=O) groups is 1. The fourth-order valence-electron chi connectivity index (χ4n) is 6.00. The molecule has 0 fully saturated rings. The lowest BCUT2D eigenvalue weighted by atomic mass is 9.99. The van der Waals surface area contributed by atoms with Crippen molar-refractivity contribution < 1.29 is 4.79 Å². The van der Waals surface area contributed by atoms with Gasteiger partial charge in [-0.15, -0.1) is 0 Å². The molecule has 29 heavy (non-hydrogen) atoms. The molecule has 2 aromatic carbocycles. The van der Waals surface area contributed by atoms with E-state index in [-0.39, 0.29) is 5.91 Å². The Morgan fingerprint density at radius 2 is 1.07 bits per heavy atom. The van der Waals surface area contributed by atoms with Crippen LogP contribution in [0.1, 0.15) is 77.1 Å². The van der Waals surface area contributed by atoms with E-state index >= 15 is 0 Å². The molecule has 0 atom stereocenters. The number of anilines is 2. The van der Waals surface area contributed by atoms with Gasteiger partial charge < -0.3 is 11.1 Å². The van der Waals surface area contributed by atoms with E-state index in [0.717, 1.165) is 24.2 Å². The second-order valence-corrected chi connectivity index (χ2v) is 9.19. The molecule has 3 nitrogen and oxygen atoms in total.